The van der Waals surface area contributed by atoms with E-state index in [1.807, 2.05) is 133 Å². The fraction of sp³-hybridized carbons (Fsp3) is 0.0698. The standard InChI is InChI=1S/C43H31N3O.C27H21NO.C16H11ClN2/c1-43(2)36-22-11-9-20-32(36)34-25-35-33-21-10-12-23-40(33)46(41(35)26-37(34)43)30-18-13-19-31(24-30)47-42-44-38(28-14-5-3-6-15-28)27-39(45-42)29-16-7-4-8-17-29;1-27(2)23-12-5-3-10-19(23)21-15-22-20-11-4-6-13-25(20)28(26(22)16-24(21)27)17-8-7-9-18(29)14-17;17-16-18-14(12-7-3-1-4-8-12)11-15(19-16)13-9-5-2-6-10-13/h3-27H,1-2H3;3-16,29H,1-2H3;1-11H. The number of phenols is 1. The number of halogens is 1. The highest BCUT2D eigenvalue weighted by atomic mass is 35.5. The highest BCUT2D eigenvalue weighted by Gasteiger charge is 2.38. The molecule has 4 aromatic heterocycles. The minimum absolute atomic E-state index is 0.0414. The molecule has 8 nitrogen and oxygen atoms in total. The van der Waals surface area contributed by atoms with Crippen LogP contribution in [0.25, 0.3) is 122 Å². The normalized spacial score (nSPS) is 12.9. The molecule has 2 aliphatic rings. The van der Waals surface area contributed by atoms with E-state index in [-0.39, 0.29) is 21.9 Å². The molecule has 9 heteroatoms. The van der Waals surface area contributed by atoms with Crippen LogP contribution in [0, 0.1) is 0 Å². The summed E-state index contributed by atoms with van der Waals surface area (Å²) in [5, 5.41) is 15.3. The van der Waals surface area contributed by atoms with E-state index < -0.39 is 0 Å². The van der Waals surface area contributed by atoms with Crippen molar-refractivity contribution in [2.75, 3.05) is 0 Å². The zero-order chi connectivity index (χ0) is 64.4. The van der Waals surface area contributed by atoms with Crippen molar-refractivity contribution in [3.05, 3.63) is 331 Å². The largest absolute Gasteiger partial charge is 0.508 e. The SMILES string of the molecule is CC1(C)c2ccccc2-c2cc3c4ccccc4n(-c4cccc(O)c4)c3cc21.CC1(C)c2ccccc2-c2cc3c4ccccc4n(-c4cccc(Oc5nc(-c6ccccc6)cc(-c6ccccc6)n5)c4)c3cc21.Clc1nc(-c2ccccc2)cc(-c2ccccc2)n1. The minimum Gasteiger partial charge on any atom is -0.508 e. The van der Waals surface area contributed by atoms with Crippen molar-refractivity contribution < 1.29 is 9.84 Å². The summed E-state index contributed by atoms with van der Waals surface area (Å²) in [4.78, 5) is 18.3. The molecule has 4 heterocycles. The maximum absolute atomic E-state index is 10.1. The number of ether oxygens (including phenoxy) is 1. The van der Waals surface area contributed by atoms with Gasteiger partial charge in [-0.25, -0.2) is 9.97 Å². The lowest BCUT2D eigenvalue weighted by molar-refractivity contribution is 0.443. The van der Waals surface area contributed by atoms with Crippen molar-refractivity contribution in [2.24, 2.45) is 0 Å². The number of phenolic OH excluding ortho intramolecular Hbond substituents is 1. The first kappa shape index (κ1) is 58.4. The van der Waals surface area contributed by atoms with Crippen LogP contribution in [-0.2, 0) is 10.8 Å². The van der Waals surface area contributed by atoms with Crippen molar-refractivity contribution in [2.45, 2.75) is 38.5 Å². The van der Waals surface area contributed by atoms with Crippen LogP contribution >= 0.6 is 11.6 Å². The second kappa shape index (κ2) is 23.8. The van der Waals surface area contributed by atoms with Gasteiger partial charge in [0.25, 0.3) is 0 Å². The lowest BCUT2D eigenvalue weighted by Gasteiger charge is -2.21. The van der Waals surface area contributed by atoms with Crippen LogP contribution in [0.3, 0.4) is 0 Å². The van der Waals surface area contributed by atoms with Gasteiger partial charge in [0, 0.05) is 78.1 Å². The van der Waals surface area contributed by atoms with Crippen LogP contribution in [0.5, 0.6) is 17.5 Å². The molecule has 18 rings (SSSR count). The number of hydrogen-bond acceptors (Lipinski definition) is 6. The van der Waals surface area contributed by atoms with Gasteiger partial charge in [-0.15, -0.1) is 0 Å². The van der Waals surface area contributed by atoms with Crippen LogP contribution in [0.4, 0.5) is 0 Å². The Morgan fingerprint density at radius 2 is 0.695 bits per heavy atom. The van der Waals surface area contributed by atoms with Crippen molar-refractivity contribution in [3.8, 4) is 96.2 Å². The van der Waals surface area contributed by atoms with Crippen LogP contribution in [0.15, 0.2) is 303 Å². The van der Waals surface area contributed by atoms with E-state index >= 15 is 0 Å². The average molecular weight is 1250 g/mol. The number of hydrogen-bond donors (Lipinski definition) is 1. The number of aromatic hydroxyl groups is 1. The summed E-state index contributed by atoms with van der Waals surface area (Å²) in [6, 6.07) is 104. The molecule has 2 aliphatic carbocycles. The molecule has 16 aromatic rings. The number of para-hydroxylation sites is 2. The van der Waals surface area contributed by atoms with Gasteiger partial charge in [-0.2, -0.15) is 9.97 Å². The zero-order valence-corrected chi connectivity index (χ0v) is 53.5. The average Bonchev–Trinajstić information content (AvgIpc) is 1.56. The Morgan fingerprint density at radius 1 is 0.316 bits per heavy atom. The van der Waals surface area contributed by atoms with Crippen molar-refractivity contribution in [3.63, 3.8) is 0 Å². The molecular weight excluding hydrogens is 1180 g/mol. The third kappa shape index (κ3) is 10.5. The first-order valence-corrected chi connectivity index (χ1v) is 32.4. The van der Waals surface area contributed by atoms with Gasteiger partial charge < -0.3 is 19.0 Å². The fourth-order valence-corrected chi connectivity index (χ4v) is 14.4. The molecule has 0 amide bonds. The summed E-state index contributed by atoms with van der Waals surface area (Å²) < 4.78 is 11.1. The first-order valence-electron chi connectivity index (χ1n) is 32.0. The Morgan fingerprint density at radius 3 is 1.14 bits per heavy atom. The topological polar surface area (TPSA) is 90.9 Å². The summed E-state index contributed by atoms with van der Waals surface area (Å²) >= 11 is 6.03. The molecule has 456 valence electrons. The molecule has 95 heavy (non-hydrogen) atoms. The number of fused-ring (bicyclic) bond motifs is 12. The Hall–Kier alpha value is -11.7. The Kier molecular flexibility index (Phi) is 14.6. The Bertz CT molecular complexity index is 5490. The lowest BCUT2D eigenvalue weighted by atomic mass is 9.82. The summed E-state index contributed by atoms with van der Waals surface area (Å²) in [6.07, 6.45) is 0. The van der Waals surface area contributed by atoms with Gasteiger partial charge in [-0.05, 0) is 129 Å². The predicted octanol–water partition coefficient (Wildman–Crippen LogP) is 22.3. The molecule has 0 aliphatic heterocycles. The Labute approximate surface area is 556 Å². The molecule has 0 radical (unpaired) electrons. The second-order valence-electron chi connectivity index (χ2n) is 25.3. The van der Waals surface area contributed by atoms with Gasteiger partial charge in [0.05, 0.1) is 44.8 Å². The molecule has 0 atom stereocenters. The quantitative estimate of drug-likeness (QED) is 0.152. The van der Waals surface area contributed by atoms with Crippen molar-refractivity contribution >= 4 is 55.2 Å². The number of benzene rings is 12. The third-order valence-corrected chi connectivity index (χ3v) is 19.0. The summed E-state index contributed by atoms with van der Waals surface area (Å²) in [6.45, 7) is 9.28. The summed E-state index contributed by atoms with van der Waals surface area (Å²) in [7, 11) is 0. The van der Waals surface area contributed by atoms with Gasteiger partial charge in [-0.1, -0.05) is 246 Å². The molecule has 0 spiro atoms. The maximum atomic E-state index is 10.1. The van der Waals surface area contributed by atoms with E-state index in [0.29, 0.717) is 11.8 Å². The second-order valence-corrected chi connectivity index (χ2v) is 25.6. The van der Waals surface area contributed by atoms with Gasteiger partial charge in [0.1, 0.15) is 11.5 Å². The van der Waals surface area contributed by atoms with Crippen LogP contribution in [-0.4, -0.2) is 34.2 Å². The highest BCUT2D eigenvalue weighted by Crippen LogP contribution is 2.53. The van der Waals surface area contributed by atoms with E-state index in [2.05, 4.69) is 211 Å². The minimum atomic E-state index is -0.0933. The van der Waals surface area contributed by atoms with Crippen LogP contribution in [0.1, 0.15) is 49.9 Å². The number of rotatable bonds is 8. The first-order chi connectivity index (χ1) is 46.4. The van der Waals surface area contributed by atoms with Crippen LogP contribution < -0.4 is 4.74 Å². The molecule has 12 aromatic carbocycles. The fourth-order valence-electron chi connectivity index (χ4n) is 14.2. The van der Waals surface area contributed by atoms with E-state index in [9.17, 15) is 5.11 Å². The molecule has 0 saturated heterocycles. The maximum Gasteiger partial charge on any atom is 0.323 e. The van der Waals surface area contributed by atoms with Gasteiger partial charge in [0.15, 0.2) is 0 Å². The molecule has 0 saturated carbocycles. The monoisotopic (exact) mass is 1250 g/mol. The predicted molar refractivity (Wildman–Crippen MR) is 389 cm³/mol. The summed E-state index contributed by atoms with van der Waals surface area (Å²) in [5.41, 5.74) is 24.7. The molecular formula is C86H63ClN6O2. The molecule has 0 unspecified atom stereocenters. The lowest BCUT2D eigenvalue weighted by Crippen LogP contribution is -2.14. The van der Waals surface area contributed by atoms with E-state index in [1.54, 1.807) is 6.07 Å². The molecule has 1 N–H and O–H groups in total. The van der Waals surface area contributed by atoms with E-state index in [4.69, 9.17) is 26.3 Å². The molecule has 0 fully saturated rings. The summed E-state index contributed by atoms with van der Waals surface area (Å²) in [5.74, 6) is 0.953. The van der Waals surface area contributed by atoms with Gasteiger partial charge in [0.2, 0.25) is 5.28 Å². The van der Waals surface area contributed by atoms with Gasteiger partial charge in [-0.3, -0.25) is 0 Å². The van der Waals surface area contributed by atoms with Crippen molar-refractivity contribution in [1.82, 2.24) is 29.1 Å². The Balaban J connectivity index is 0.000000125. The highest BCUT2D eigenvalue weighted by molar-refractivity contribution is 6.28. The third-order valence-electron chi connectivity index (χ3n) is 18.8. The molecule has 0 bridgehead atoms. The van der Waals surface area contributed by atoms with E-state index in [0.717, 1.165) is 67.4 Å². The van der Waals surface area contributed by atoms with Crippen LogP contribution in [0.2, 0.25) is 5.28 Å². The number of nitrogens with zero attached hydrogens (tertiary/aromatic N) is 6. The number of aromatic nitrogens is 6. The van der Waals surface area contributed by atoms with E-state index in [1.165, 1.54) is 77.1 Å². The zero-order valence-electron chi connectivity index (χ0n) is 52.8. The smallest absolute Gasteiger partial charge is 0.323 e. The van der Waals surface area contributed by atoms with Crippen molar-refractivity contribution in [1.29, 1.82) is 0 Å². The van der Waals surface area contributed by atoms with Gasteiger partial charge >= 0.3 is 6.01 Å².